The fraction of sp³-hybridized carbons (Fsp3) is 0. The van der Waals surface area contributed by atoms with Crippen molar-refractivity contribution in [3.63, 3.8) is 0 Å². The highest BCUT2D eigenvalue weighted by Gasteiger charge is 2.32. The van der Waals surface area contributed by atoms with Crippen LogP contribution in [0.15, 0.2) is 60.2 Å². The van der Waals surface area contributed by atoms with Crippen LogP contribution in [0.25, 0.3) is 5.57 Å². The fourth-order valence-electron chi connectivity index (χ4n) is 2.40. The molecule has 2 aromatic carbocycles. The first-order chi connectivity index (χ1) is 9.74. The summed E-state index contributed by atoms with van der Waals surface area (Å²) in [5.74, 6) is -0.678. The Morgan fingerprint density at radius 1 is 0.700 bits per heavy atom. The molecule has 3 heteroatoms. The molecule has 0 aromatic heterocycles. The van der Waals surface area contributed by atoms with Crippen LogP contribution in [0.4, 0.5) is 0 Å². The highest BCUT2D eigenvalue weighted by Crippen LogP contribution is 2.31. The Hall–Kier alpha value is -2.81. The minimum Gasteiger partial charge on any atom is -0.298 e. The topological polar surface area (TPSA) is 51.2 Å². The van der Waals surface area contributed by atoms with E-state index in [2.05, 4.69) is 0 Å². The maximum atomic E-state index is 12.6. The summed E-state index contributed by atoms with van der Waals surface area (Å²) in [6, 6.07) is 15.4. The SMILES string of the molecule is O=CC1=C(c2ccccc2)C(=O)c2ccccc2C1=O. The zero-order valence-electron chi connectivity index (χ0n) is 10.5. The molecule has 0 bridgehead atoms. The summed E-state index contributed by atoms with van der Waals surface area (Å²) in [5.41, 5.74) is 1.34. The van der Waals surface area contributed by atoms with Crippen LogP contribution in [0.3, 0.4) is 0 Å². The van der Waals surface area contributed by atoms with Crippen LogP contribution in [0.1, 0.15) is 26.3 Å². The van der Waals surface area contributed by atoms with Gasteiger partial charge in [0.2, 0.25) is 0 Å². The van der Waals surface area contributed by atoms with Crippen molar-refractivity contribution < 1.29 is 14.4 Å². The molecule has 2 aromatic rings. The molecule has 1 aliphatic carbocycles. The minimum atomic E-state index is -0.394. The fourth-order valence-corrected chi connectivity index (χ4v) is 2.40. The summed E-state index contributed by atoms with van der Waals surface area (Å²) in [5, 5.41) is 0. The Morgan fingerprint density at radius 3 is 1.85 bits per heavy atom. The molecule has 0 radical (unpaired) electrons. The van der Waals surface area contributed by atoms with Crippen molar-refractivity contribution in [1.82, 2.24) is 0 Å². The van der Waals surface area contributed by atoms with Crippen molar-refractivity contribution in [2.75, 3.05) is 0 Å². The van der Waals surface area contributed by atoms with E-state index in [1.807, 2.05) is 6.07 Å². The number of Topliss-reactive ketones (excluding diaryl/α,β-unsaturated/α-hetero) is 2. The first-order valence-corrected chi connectivity index (χ1v) is 6.17. The molecule has 1 aliphatic rings. The molecule has 20 heavy (non-hydrogen) atoms. The van der Waals surface area contributed by atoms with E-state index in [9.17, 15) is 14.4 Å². The van der Waals surface area contributed by atoms with E-state index in [1.165, 1.54) is 0 Å². The standard InChI is InChI=1S/C17H10O3/c18-10-14-15(11-6-2-1-3-7-11)17(20)13-9-5-4-8-12(13)16(14)19/h1-10H. The van der Waals surface area contributed by atoms with E-state index in [0.29, 0.717) is 23.0 Å². The Kier molecular flexibility index (Phi) is 2.88. The highest BCUT2D eigenvalue weighted by atomic mass is 16.1. The Morgan fingerprint density at radius 2 is 1.25 bits per heavy atom. The molecule has 0 saturated carbocycles. The minimum absolute atomic E-state index is 0.0695. The second kappa shape index (κ2) is 4.70. The molecule has 0 N–H and O–H groups in total. The van der Waals surface area contributed by atoms with Crippen molar-refractivity contribution in [2.24, 2.45) is 0 Å². The average Bonchev–Trinajstić information content (AvgIpc) is 2.51. The van der Waals surface area contributed by atoms with Gasteiger partial charge in [0.05, 0.1) is 5.57 Å². The molecule has 96 valence electrons. The first kappa shape index (κ1) is 12.2. The molecular formula is C17H10O3. The molecule has 0 heterocycles. The number of aldehydes is 1. The van der Waals surface area contributed by atoms with Gasteiger partial charge in [-0.2, -0.15) is 0 Å². The number of hydrogen-bond donors (Lipinski definition) is 0. The molecule has 0 atom stereocenters. The lowest BCUT2D eigenvalue weighted by atomic mass is 9.82. The Balaban J connectivity index is 2.30. The van der Waals surface area contributed by atoms with Crippen LogP contribution < -0.4 is 0 Å². The lowest BCUT2D eigenvalue weighted by Gasteiger charge is -2.18. The van der Waals surface area contributed by atoms with Gasteiger partial charge in [0.25, 0.3) is 0 Å². The van der Waals surface area contributed by atoms with E-state index < -0.39 is 5.78 Å². The van der Waals surface area contributed by atoms with Gasteiger partial charge in [-0.05, 0) is 5.56 Å². The lowest BCUT2D eigenvalue weighted by Crippen LogP contribution is -2.22. The number of fused-ring (bicyclic) bond motifs is 1. The number of ketones is 2. The van der Waals surface area contributed by atoms with Gasteiger partial charge in [-0.1, -0.05) is 54.6 Å². The maximum Gasteiger partial charge on any atom is 0.197 e. The average molecular weight is 262 g/mol. The van der Waals surface area contributed by atoms with E-state index >= 15 is 0 Å². The van der Waals surface area contributed by atoms with Crippen molar-refractivity contribution in [1.29, 1.82) is 0 Å². The van der Waals surface area contributed by atoms with Crippen LogP contribution in [0.5, 0.6) is 0 Å². The third-order valence-corrected chi connectivity index (χ3v) is 3.34. The lowest BCUT2D eigenvalue weighted by molar-refractivity contribution is -0.104. The Labute approximate surface area is 115 Å². The van der Waals surface area contributed by atoms with Gasteiger partial charge < -0.3 is 0 Å². The van der Waals surface area contributed by atoms with E-state index in [4.69, 9.17) is 0 Å². The molecule has 0 saturated heterocycles. The predicted molar refractivity (Wildman–Crippen MR) is 74.5 cm³/mol. The van der Waals surface area contributed by atoms with Crippen LogP contribution >= 0.6 is 0 Å². The zero-order chi connectivity index (χ0) is 14.1. The summed E-state index contributed by atoms with van der Waals surface area (Å²) in [6.07, 6.45) is 0.471. The van der Waals surface area contributed by atoms with Gasteiger partial charge in [-0.15, -0.1) is 0 Å². The van der Waals surface area contributed by atoms with Gasteiger partial charge in [-0.3, -0.25) is 14.4 Å². The largest absolute Gasteiger partial charge is 0.298 e. The third-order valence-electron chi connectivity index (χ3n) is 3.34. The molecule has 0 amide bonds. The molecule has 0 spiro atoms. The maximum absolute atomic E-state index is 12.6. The van der Waals surface area contributed by atoms with Crippen LogP contribution in [0, 0.1) is 0 Å². The number of carbonyl (C=O) groups is 3. The predicted octanol–water partition coefficient (Wildman–Crippen LogP) is 2.72. The van der Waals surface area contributed by atoms with E-state index in [0.717, 1.165) is 0 Å². The summed E-state index contributed by atoms with van der Waals surface area (Å²) in [6.45, 7) is 0. The Bertz CT molecular complexity index is 755. The smallest absolute Gasteiger partial charge is 0.197 e. The van der Waals surface area contributed by atoms with E-state index in [-0.39, 0.29) is 16.9 Å². The van der Waals surface area contributed by atoms with Crippen molar-refractivity contribution >= 4 is 23.4 Å². The molecule has 0 unspecified atom stereocenters. The number of allylic oxidation sites excluding steroid dienone is 2. The van der Waals surface area contributed by atoms with Gasteiger partial charge in [0, 0.05) is 16.7 Å². The molecule has 3 rings (SSSR count). The van der Waals surface area contributed by atoms with Gasteiger partial charge in [0.1, 0.15) is 0 Å². The van der Waals surface area contributed by atoms with Gasteiger partial charge >= 0.3 is 0 Å². The van der Waals surface area contributed by atoms with Crippen molar-refractivity contribution in [2.45, 2.75) is 0 Å². The van der Waals surface area contributed by atoms with Crippen molar-refractivity contribution in [3.05, 3.63) is 76.9 Å². The molecule has 0 fully saturated rings. The van der Waals surface area contributed by atoms with Crippen LogP contribution in [-0.2, 0) is 4.79 Å². The monoisotopic (exact) mass is 262 g/mol. The normalized spacial score (nSPS) is 14.2. The number of hydrogen-bond acceptors (Lipinski definition) is 3. The molecular weight excluding hydrogens is 252 g/mol. The summed E-state index contributed by atoms with van der Waals surface area (Å²) >= 11 is 0. The number of rotatable bonds is 2. The summed E-state index contributed by atoms with van der Waals surface area (Å²) in [4.78, 5) is 36.2. The quantitative estimate of drug-likeness (QED) is 0.617. The van der Waals surface area contributed by atoms with Crippen LogP contribution in [0.2, 0.25) is 0 Å². The van der Waals surface area contributed by atoms with Gasteiger partial charge in [-0.25, -0.2) is 0 Å². The molecule has 0 aliphatic heterocycles. The second-order valence-electron chi connectivity index (χ2n) is 4.48. The van der Waals surface area contributed by atoms with E-state index in [1.54, 1.807) is 48.5 Å². The summed E-state index contributed by atoms with van der Waals surface area (Å²) in [7, 11) is 0. The summed E-state index contributed by atoms with van der Waals surface area (Å²) < 4.78 is 0. The number of carbonyl (C=O) groups excluding carboxylic acids is 3. The molecule has 3 nitrogen and oxygen atoms in total. The third kappa shape index (κ3) is 1.72. The van der Waals surface area contributed by atoms with Gasteiger partial charge in [0.15, 0.2) is 17.9 Å². The van der Waals surface area contributed by atoms with Crippen molar-refractivity contribution in [3.8, 4) is 0 Å². The first-order valence-electron chi connectivity index (χ1n) is 6.17. The second-order valence-corrected chi connectivity index (χ2v) is 4.48. The highest BCUT2D eigenvalue weighted by molar-refractivity contribution is 6.45. The number of benzene rings is 2. The zero-order valence-corrected chi connectivity index (χ0v) is 10.5. The van der Waals surface area contributed by atoms with Crippen LogP contribution in [-0.4, -0.2) is 17.9 Å².